The molecule has 1 fully saturated rings. The Balaban J connectivity index is 2.28. The molecule has 1 aromatic rings. The highest BCUT2D eigenvalue weighted by Gasteiger charge is 2.34. The highest BCUT2D eigenvalue weighted by Crippen LogP contribution is 2.26. The highest BCUT2D eigenvalue weighted by molar-refractivity contribution is 5.95. The lowest BCUT2D eigenvalue weighted by molar-refractivity contribution is -0.0370. The monoisotopic (exact) mass is 264 g/mol. The molecule has 1 amide bonds. The van der Waals surface area contributed by atoms with Gasteiger partial charge < -0.3 is 20.1 Å². The third-order valence-corrected chi connectivity index (χ3v) is 3.37. The van der Waals surface area contributed by atoms with Crippen molar-refractivity contribution >= 4 is 11.6 Å². The molecule has 0 saturated carbocycles. The van der Waals surface area contributed by atoms with Crippen molar-refractivity contribution in [3.63, 3.8) is 0 Å². The molecular formula is C14H20N2O3. The van der Waals surface area contributed by atoms with E-state index in [9.17, 15) is 4.79 Å². The molecule has 0 aliphatic carbocycles. The SMILES string of the molecule is COc1cc(C(=O)N2CCOCC2(C)C)ccc1N. The summed E-state index contributed by atoms with van der Waals surface area (Å²) in [5.74, 6) is 0.503. The second kappa shape index (κ2) is 5.09. The molecule has 2 N–H and O–H groups in total. The minimum absolute atomic E-state index is 0.0217. The zero-order valence-corrected chi connectivity index (χ0v) is 11.6. The number of ether oxygens (including phenoxy) is 2. The summed E-state index contributed by atoms with van der Waals surface area (Å²) in [6.07, 6.45) is 0. The minimum Gasteiger partial charge on any atom is -0.495 e. The van der Waals surface area contributed by atoms with Crippen molar-refractivity contribution in [1.82, 2.24) is 4.90 Å². The maximum absolute atomic E-state index is 12.6. The molecule has 0 aromatic heterocycles. The first-order valence-corrected chi connectivity index (χ1v) is 6.29. The van der Waals surface area contributed by atoms with Gasteiger partial charge in [0.25, 0.3) is 5.91 Å². The fraction of sp³-hybridized carbons (Fsp3) is 0.500. The van der Waals surface area contributed by atoms with E-state index >= 15 is 0 Å². The maximum atomic E-state index is 12.6. The second-order valence-electron chi connectivity index (χ2n) is 5.28. The predicted octanol–water partition coefficient (Wildman–Crippen LogP) is 1.53. The quantitative estimate of drug-likeness (QED) is 0.823. The van der Waals surface area contributed by atoms with E-state index in [4.69, 9.17) is 15.2 Å². The molecule has 0 bridgehead atoms. The van der Waals surface area contributed by atoms with Crippen molar-refractivity contribution in [3.8, 4) is 5.75 Å². The van der Waals surface area contributed by atoms with Crippen molar-refractivity contribution in [2.75, 3.05) is 32.6 Å². The number of morpholine rings is 1. The maximum Gasteiger partial charge on any atom is 0.254 e. The number of nitrogens with zero attached hydrogens (tertiary/aromatic N) is 1. The van der Waals surface area contributed by atoms with Gasteiger partial charge in [0.05, 0.1) is 31.5 Å². The predicted molar refractivity (Wildman–Crippen MR) is 73.3 cm³/mol. The Morgan fingerprint density at radius 1 is 1.47 bits per heavy atom. The Hall–Kier alpha value is -1.75. The van der Waals surface area contributed by atoms with E-state index in [1.165, 1.54) is 0 Å². The van der Waals surface area contributed by atoms with Gasteiger partial charge in [-0.2, -0.15) is 0 Å². The number of methoxy groups -OCH3 is 1. The van der Waals surface area contributed by atoms with Crippen LogP contribution in [0, 0.1) is 0 Å². The van der Waals surface area contributed by atoms with Gasteiger partial charge in [0.1, 0.15) is 5.75 Å². The van der Waals surface area contributed by atoms with E-state index in [2.05, 4.69) is 0 Å². The first-order valence-electron chi connectivity index (χ1n) is 6.29. The van der Waals surface area contributed by atoms with E-state index in [-0.39, 0.29) is 11.4 Å². The molecule has 0 radical (unpaired) electrons. The van der Waals surface area contributed by atoms with Crippen LogP contribution in [0.25, 0.3) is 0 Å². The van der Waals surface area contributed by atoms with Crippen LogP contribution in [0.1, 0.15) is 24.2 Å². The molecule has 104 valence electrons. The zero-order valence-electron chi connectivity index (χ0n) is 11.6. The number of hydrogen-bond acceptors (Lipinski definition) is 4. The van der Waals surface area contributed by atoms with Crippen molar-refractivity contribution in [2.45, 2.75) is 19.4 Å². The fourth-order valence-corrected chi connectivity index (χ4v) is 2.23. The van der Waals surface area contributed by atoms with E-state index in [0.29, 0.717) is 36.8 Å². The van der Waals surface area contributed by atoms with Crippen LogP contribution in [0.4, 0.5) is 5.69 Å². The summed E-state index contributed by atoms with van der Waals surface area (Å²) in [5.41, 5.74) is 6.57. The lowest BCUT2D eigenvalue weighted by Gasteiger charge is -2.42. The number of carbonyl (C=O) groups is 1. The van der Waals surface area contributed by atoms with Crippen LogP contribution < -0.4 is 10.5 Å². The molecule has 5 heteroatoms. The van der Waals surface area contributed by atoms with E-state index in [1.807, 2.05) is 18.7 Å². The van der Waals surface area contributed by atoms with Crippen LogP contribution >= 0.6 is 0 Å². The molecule has 1 aromatic carbocycles. The number of amides is 1. The summed E-state index contributed by atoms with van der Waals surface area (Å²) in [4.78, 5) is 14.4. The Morgan fingerprint density at radius 2 is 2.21 bits per heavy atom. The summed E-state index contributed by atoms with van der Waals surface area (Å²) < 4.78 is 10.6. The minimum atomic E-state index is -0.302. The lowest BCUT2D eigenvalue weighted by atomic mass is 10.0. The van der Waals surface area contributed by atoms with Gasteiger partial charge in [-0.25, -0.2) is 0 Å². The van der Waals surface area contributed by atoms with Crippen LogP contribution in [0.5, 0.6) is 5.75 Å². The van der Waals surface area contributed by atoms with Gasteiger partial charge in [-0.15, -0.1) is 0 Å². The van der Waals surface area contributed by atoms with E-state index < -0.39 is 0 Å². The third kappa shape index (κ3) is 2.66. The number of carbonyl (C=O) groups excluding carboxylic acids is 1. The summed E-state index contributed by atoms with van der Waals surface area (Å²) in [6, 6.07) is 5.11. The number of nitrogens with two attached hydrogens (primary N) is 1. The first-order chi connectivity index (χ1) is 8.95. The Bertz CT molecular complexity index is 486. The smallest absolute Gasteiger partial charge is 0.254 e. The van der Waals surface area contributed by atoms with Gasteiger partial charge in [-0.1, -0.05) is 0 Å². The zero-order chi connectivity index (χ0) is 14.0. The molecule has 1 saturated heterocycles. The van der Waals surface area contributed by atoms with Crippen molar-refractivity contribution in [3.05, 3.63) is 23.8 Å². The molecule has 5 nitrogen and oxygen atoms in total. The molecule has 0 spiro atoms. The molecular weight excluding hydrogens is 244 g/mol. The van der Waals surface area contributed by atoms with Crippen LogP contribution in [-0.2, 0) is 4.74 Å². The Kier molecular flexibility index (Phi) is 3.66. The molecule has 1 heterocycles. The fourth-order valence-electron chi connectivity index (χ4n) is 2.23. The number of rotatable bonds is 2. The molecule has 2 rings (SSSR count). The molecule has 0 atom stereocenters. The van der Waals surface area contributed by atoms with Crippen LogP contribution in [0.3, 0.4) is 0 Å². The van der Waals surface area contributed by atoms with E-state index in [0.717, 1.165) is 0 Å². The highest BCUT2D eigenvalue weighted by atomic mass is 16.5. The second-order valence-corrected chi connectivity index (χ2v) is 5.28. The number of anilines is 1. The summed E-state index contributed by atoms with van der Waals surface area (Å²) in [6.45, 7) is 5.71. The van der Waals surface area contributed by atoms with Crippen molar-refractivity contribution < 1.29 is 14.3 Å². The molecule has 19 heavy (non-hydrogen) atoms. The summed E-state index contributed by atoms with van der Waals surface area (Å²) >= 11 is 0. The summed E-state index contributed by atoms with van der Waals surface area (Å²) in [5, 5.41) is 0. The lowest BCUT2D eigenvalue weighted by Crippen LogP contribution is -2.55. The van der Waals surface area contributed by atoms with Gasteiger partial charge in [-0.05, 0) is 32.0 Å². The van der Waals surface area contributed by atoms with Gasteiger partial charge in [0, 0.05) is 12.1 Å². The molecule has 1 aliphatic heterocycles. The first kappa shape index (κ1) is 13.7. The van der Waals surface area contributed by atoms with Gasteiger partial charge >= 0.3 is 0 Å². The standard InChI is InChI=1S/C14H20N2O3/c1-14(2)9-19-7-6-16(14)13(17)10-4-5-11(15)12(8-10)18-3/h4-5,8H,6-7,9,15H2,1-3H3. The van der Waals surface area contributed by atoms with Crippen LogP contribution in [0.15, 0.2) is 18.2 Å². The normalized spacial score (nSPS) is 18.2. The van der Waals surface area contributed by atoms with E-state index in [1.54, 1.807) is 25.3 Å². The average Bonchev–Trinajstić information content (AvgIpc) is 2.38. The summed E-state index contributed by atoms with van der Waals surface area (Å²) in [7, 11) is 1.54. The largest absolute Gasteiger partial charge is 0.495 e. The van der Waals surface area contributed by atoms with Crippen LogP contribution in [-0.4, -0.2) is 43.2 Å². The third-order valence-electron chi connectivity index (χ3n) is 3.37. The average molecular weight is 264 g/mol. The number of hydrogen-bond donors (Lipinski definition) is 1. The Morgan fingerprint density at radius 3 is 2.84 bits per heavy atom. The Labute approximate surface area is 113 Å². The molecule has 1 aliphatic rings. The van der Waals surface area contributed by atoms with Crippen molar-refractivity contribution in [2.24, 2.45) is 0 Å². The van der Waals surface area contributed by atoms with Crippen LogP contribution in [0.2, 0.25) is 0 Å². The van der Waals surface area contributed by atoms with Gasteiger partial charge in [0.2, 0.25) is 0 Å². The topological polar surface area (TPSA) is 64.8 Å². The number of nitrogen functional groups attached to an aromatic ring is 1. The molecule has 0 unspecified atom stereocenters. The number of benzene rings is 1. The van der Waals surface area contributed by atoms with Gasteiger partial charge in [-0.3, -0.25) is 4.79 Å². The van der Waals surface area contributed by atoms with Crippen molar-refractivity contribution in [1.29, 1.82) is 0 Å². The van der Waals surface area contributed by atoms with Gasteiger partial charge in [0.15, 0.2) is 0 Å².